The Balaban J connectivity index is 2.19. The third-order valence-corrected chi connectivity index (χ3v) is 7.81. The van der Waals surface area contributed by atoms with E-state index in [0.29, 0.717) is 0 Å². The van der Waals surface area contributed by atoms with Gasteiger partial charge in [0.15, 0.2) is 0 Å². The van der Waals surface area contributed by atoms with Crippen molar-refractivity contribution in [3.63, 3.8) is 0 Å². The van der Waals surface area contributed by atoms with Gasteiger partial charge in [-0.05, 0) is 26.1 Å². The van der Waals surface area contributed by atoms with E-state index in [2.05, 4.69) is 28.5 Å². The lowest BCUT2D eigenvalue weighted by molar-refractivity contribution is 0.109. The molecule has 0 aliphatic carbocycles. The highest BCUT2D eigenvalue weighted by atomic mass is 28.4. The lowest BCUT2D eigenvalue weighted by Crippen LogP contribution is -2.49. The van der Waals surface area contributed by atoms with Gasteiger partial charge in [-0.3, -0.25) is 4.90 Å². The Bertz CT molecular complexity index is 286. The second-order valence-electron chi connectivity index (χ2n) is 6.11. The summed E-state index contributed by atoms with van der Waals surface area (Å²) in [6.45, 7) is 15.0. The Kier molecular flexibility index (Phi) is 10.5. The second kappa shape index (κ2) is 11.5. The van der Waals surface area contributed by atoms with Crippen LogP contribution in [0, 0.1) is 0 Å². The quantitative estimate of drug-likeness (QED) is 0.494. The summed E-state index contributed by atoms with van der Waals surface area (Å²) < 4.78 is 16.4. The summed E-state index contributed by atoms with van der Waals surface area (Å²) in [6.07, 6.45) is 1.07. The Morgan fingerprint density at radius 3 is 1.74 bits per heavy atom. The summed E-state index contributed by atoms with van der Waals surface area (Å²) >= 11 is 0. The molecule has 1 heterocycles. The minimum atomic E-state index is -2.39. The maximum atomic E-state index is 5.48. The highest BCUT2D eigenvalue weighted by Crippen LogP contribution is 2.15. The first kappa shape index (κ1) is 21.0. The molecule has 0 bridgehead atoms. The molecule has 0 spiro atoms. The maximum Gasteiger partial charge on any atom is 0.500 e. The number of hydrogen-bond donors (Lipinski definition) is 0. The van der Waals surface area contributed by atoms with E-state index in [9.17, 15) is 0 Å². The summed E-state index contributed by atoms with van der Waals surface area (Å²) in [5.41, 5.74) is 0. The molecule has 23 heavy (non-hydrogen) atoms. The fourth-order valence-electron chi connectivity index (χ4n) is 3.13. The van der Waals surface area contributed by atoms with Gasteiger partial charge in [-0.1, -0.05) is 13.8 Å². The average Bonchev–Trinajstić information content (AvgIpc) is 2.61. The monoisotopic (exact) mass is 347 g/mol. The summed E-state index contributed by atoms with van der Waals surface area (Å²) in [5.74, 6) is 0. The van der Waals surface area contributed by atoms with E-state index in [1.807, 2.05) is 0 Å². The number of rotatable bonds is 12. The van der Waals surface area contributed by atoms with Gasteiger partial charge in [0.2, 0.25) is 0 Å². The molecule has 0 aromatic rings. The van der Waals surface area contributed by atoms with Crippen LogP contribution in [0.4, 0.5) is 0 Å². The molecule has 1 rings (SSSR count). The van der Waals surface area contributed by atoms with Crippen LogP contribution in [0.15, 0.2) is 0 Å². The largest absolute Gasteiger partial charge is 0.500 e. The summed E-state index contributed by atoms with van der Waals surface area (Å²) in [6, 6.07) is 0.888. The Labute approximate surface area is 144 Å². The van der Waals surface area contributed by atoms with E-state index in [1.165, 1.54) is 39.3 Å². The van der Waals surface area contributed by atoms with Crippen LogP contribution < -0.4 is 0 Å². The Morgan fingerprint density at radius 1 is 0.826 bits per heavy atom. The zero-order chi connectivity index (χ0) is 17.1. The average molecular weight is 348 g/mol. The number of nitrogens with zero attached hydrogens (tertiary/aromatic N) is 3. The van der Waals surface area contributed by atoms with Crippen molar-refractivity contribution in [3.8, 4) is 0 Å². The zero-order valence-corrected chi connectivity index (χ0v) is 16.8. The van der Waals surface area contributed by atoms with Crippen LogP contribution in [-0.2, 0) is 13.3 Å². The minimum Gasteiger partial charge on any atom is -0.377 e. The first-order valence-corrected chi connectivity index (χ1v) is 10.9. The second-order valence-corrected chi connectivity index (χ2v) is 9.20. The molecule has 7 heteroatoms. The fourth-order valence-corrected chi connectivity index (χ4v) is 4.84. The van der Waals surface area contributed by atoms with Crippen LogP contribution in [0.1, 0.15) is 20.3 Å². The van der Waals surface area contributed by atoms with Crippen molar-refractivity contribution in [1.82, 2.24) is 14.7 Å². The predicted octanol–water partition coefficient (Wildman–Crippen LogP) is 1.21. The molecule has 0 unspecified atom stereocenters. The third kappa shape index (κ3) is 7.17. The molecular weight excluding hydrogens is 310 g/mol. The van der Waals surface area contributed by atoms with E-state index in [1.54, 1.807) is 21.3 Å². The molecule has 0 aromatic carbocycles. The fraction of sp³-hybridized carbons (Fsp3) is 1.00. The summed E-state index contributed by atoms with van der Waals surface area (Å²) in [4.78, 5) is 7.64. The van der Waals surface area contributed by atoms with Crippen molar-refractivity contribution < 1.29 is 13.3 Å². The van der Waals surface area contributed by atoms with Gasteiger partial charge in [0, 0.05) is 66.6 Å². The van der Waals surface area contributed by atoms with Crippen molar-refractivity contribution in [1.29, 1.82) is 0 Å². The molecule has 1 aliphatic rings. The minimum absolute atomic E-state index is 0.888. The van der Waals surface area contributed by atoms with Crippen molar-refractivity contribution >= 4 is 8.80 Å². The van der Waals surface area contributed by atoms with Gasteiger partial charge in [-0.2, -0.15) is 0 Å². The molecule has 6 nitrogen and oxygen atoms in total. The highest BCUT2D eigenvalue weighted by molar-refractivity contribution is 6.60. The van der Waals surface area contributed by atoms with Crippen molar-refractivity contribution in [2.24, 2.45) is 0 Å². The lowest BCUT2D eigenvalue weighted by Gasteiger charge is -2.36. The molecule has 1 saturated heterocycles. The normalized spacial score (nSPS) is 18.0. The molecule has 0 aromatic heterocycles. The number of hydrogen-bond acceptors (Lipinski definition) is 6. The topological polar surface area (TPSA) is 37.4 Å². The van der Waals surface area contributed by atoms with Crippen LogP contribution in [0.3, 0.4) is 0 Å². The Morgan fingerprint density at radius 2 is 1.30 bits per heavy atom. The van der Waals surface area contributed by atoms with Gasteiger partial charge < -0.3 is 23.1 Å². The van der Waals surface area contributed by atoms with Gasteiger partial charge in [-0.25, -0.2) is 0 Å². The standard InChI is InChI=1S/C16H37N3O3Si/c1-6-17(7-2)10-11-19-14-12-18(13-15-19)9-8-16-23(20-3,21-4)22-5/h6-16H2,1-5H3. The molecule has 1 fully saturated rings. The first-order chi connectivity index (χ1) is 11.1. The van der Waals surface area contributed by atoms with Crippen molar-refractivity contribution in [2.75, 3.05) is 80.2 Å². The smallest absolute Gasteiger partial charge is 0.377 e. The van der Waals surface area contributed by atoms with Crippen LogP contribution in [0.2, 0.25) is 6.04 Å². The maximum absolute atomic E-state index is 5.48. The highest BCUT2D eigenvalue weighted by Gasteiger charge is 2.37. The molecule has 1 aliphatic heterocycles. The van der Waals surface area contributed by atoms with Gasteiger partial charge in [0.25, 0.3) is 0 Å². The molecule has 0 amide bonds. The first-order valence-electron chi connectivity index (χ1n) is 8.95. The number of likely N-dealkylation sites (N-methyl/N-ethyl adjacent to an activating group) is 1. The van der Waals surface area contributed by atoms with Gasteiger partial charge in [-0.15, -0.1) is 0 Å². The SMILES string of the molecule is CCN(CC)CCN1CCN(CCC[Si](OC)(OC)OC)CC1. The van der Waals surface area contributed by atoms with E-state index in [-0.39, 0.29) is 0 Å². The molecule has 0 N–H and O–H groups in total. The van der Waals surface area contributed by atoms with E-state index in [4.69, 9.17) is 13.3 Å². The molecule has 0 atom stereocenters. The Hall–Kier alpha value is -0.0231. The molecular formula is C16H37N3O3Si. The van der Waals surface area contributed by atoms with Gasteiger partial charge >= 0.3 is 8.80 Å². The predicted molar refractivity (Wildman–Crippen MR) is 96.9 cm³/mol. The van der Waals surface area contributed by atoms with Crippen LogP contribution in [0.5, 0.6) is 0 Å². The lowest BCUT2D eigenvalue weighted by atomic mass is 10.3. The molecule has 138 valence electrons. The summed E-state index contributed by atoms with van der Waals surface area (Å²) in [5, 5.41) is 0. The van der Waals surface area contributed by atoms with Crippen LogP contribution in [-0.4, -0.2) is 104 Å². The van der Waals surface area contributed by atoms with Crippen molar-refractivity contribution in [2.45, 2.75) is 26.3 Å². The van der Waals surface area contributed by atoms with Gasteiger partial charge in [0.1, 0.15) is 0 Å². The summed E-state index contributed by atoms with van der Waals surface area (Å²) in [7, 11) is 2.67. The van der Waals surface area contributed by atoms with E-state index < -0.39 is 8.80 Å². The van der Waals surface area contributed by atoms with Gasteiger partial charge in [0.05, 0.1) is 0 Å². The zero-order valence-electron chi connectivity index (χ0n) is 15.8. The van der Waals surface area contributed by atoms with Crippen LogP contribution in [0.25, 0.3) is 0 Å². The van der Waals surface area contributed by atoms with Crippen LogP contribution >= 0.6 is 0 Å². The number of piperazine rings is 1. The third-order valence-electron chi connectivity index (χ3n) is 4.98. The van der Waals surface area contributed by atoms with E-state index in [0.717, 1.165) is 32.1 Å². The van der Waals surface area contributed by atoms with E-state index >= 15 is 0 Å². The van der Waals surface area contributed by atoms with Crippen molar-refractivity contribution in [3.05, 3.63) is 0 Å². The molecule has 0 saturated carbocycles. The molecule has 0 radical (unpaired) electrons.